The summed E-state index contributed by atoms with van der Waals surface area (Å²) < 4.78 is 0. The van der Waals surface area contributed by atoms with E-state index in [1.807, 2.05) is 32.0 Å². The number of carbonyl (C=O) groups excluding carboxylic acids is 1. The number of benzene rings is 1. The molecule has 6 heteroatoms. The second kappa shape index (κ2) is 5.00. The Morgan fingerprint density at radius 3 is 2.94 bits per heavy atom. The summed E-state index contributed by atoms with van der Waals surface area (Å²) in [6.45, 7) is 3.95. The van der Waals surface area contributed by atoms with E-state index >= 15 is 0 Å². The van der Waals surface area contributed by atoms with E-state index in [1.54, 1.807) is 5.51 Å². The number of rotatable bonds is 2. The first kappa shape index (κ1) is 12.3. The van der Waals surface area contributed by atoms with Crippen LogP contribution in [0.5, 0.6) is 0 Å². The van der Waals surface area contributed by atoms with Crippen molar-refractivity contribution in [3.05, 3.63) is 39.7 Å². The third-order valence-electron chi connectivity index (χ3n) is 2.55. The third kappa shape index (κ3) is 2.25. The maximum atomic E-state index is 11.7. The van der Waals surface area contributed by atoms with Crippen LogP contribution in [0.1, 0.15) is 20.8 Å². The second-order valence-corrected chi connectivity index (χ2v) is 4.71. The minimum atomic E-state index is -0.525. The molecule has 0 saturated carbocycles. The van der Waals surface area contributed by atoms with Crippen LogP contribution >= 0.6 is 11.3 Å². The van der Waals surface area contributed by atoms with Crippen LogP contribution in [-0.4, -0.2) is 10.9 Å². The largest absolute Gasteiger partial charge is 0.372 e. The zero-order valence-electron chi connectivity index (χ0n) is 9.97. The van der Waals surface area contributed by atoms with Crippen molar-refractivity contribution in [3.63, 3.8) is 0 Å². The molecule has 0 aliphatic heterocycles. The number of hydrogen-bond acceptors (Lipinski definition) is 4. The van der Waals surface area contributed by atoms with E-state index < -0.39 is 5.91 Å². The molecule has 5 nitrogen and oxygen atoms in total. The minimum Gasteiger partial charge on any atom is -0.258 e. The van der Waals surface area contributed by atoms with Gasteiger partial charge in [0.25, 0.3) is 0 Å². The fraction of sp³-hybridized carbons (Fsp3) is 0.167. The molecule has 1 aromatic heterocycles. The summed E-state index contributed by atoms with van der Waals surface area (Å²) in [7, 11) is 0. The number of thiazole rings is 1. The van der Waals surface area contributed by atoms with Crippen LogP contribution in [0.25, 0.3) is 11.3 Å². The molecule has 1 aromatic carbocycles. The number of hydrogen-bond donors (Lipinski definition) is 1. The van der Waals surface area contributed by atoms with Gasteiger partial charge in [-0.3, -0.25) is 4.79 Å². The number of nitrogens with one attached hydrogen (secondary N) is 1. The summed E-state index contributed by atoms with van der Waals surface area (Å²) in [5, 5.41) is 3.23. The third-order valence-corrected chi connectivity index (χ3v) is 3.37. The highest BCUT2D eigenvalue weighted by molar-refractivity contribution is 7.12. The molecule has 0 aliphatic rings. The van der Waals surface area contributed by atoms with E-state index in [0.29, 0.717) is 10.6 Å². The Morgan fingerprint density at radius 2 is 2.22 bits per heavy atom. The van der Waals surface area contributed by atoms with Crippen LogP contribution in [-0.2, 0) is 0 Å². The molecule has 0 saturated heterocycles. The first-order valence-corrected chi connectivity index (χ1v) is 6.14. The molecular formula is C12H11N4OS+. The fourth-order valence-electron chi connectivity index (χ4n) is 1.67. The van der Waals surface area contributed by atoms with Crippen LogP contribution in [0.15, 0.2) is 28.8 Å². The Hall–Kier alpha value is -2.17. The van der Waals surface area contributed by atoms with Crippen molar-refractivity contribution in [2.24, 2.45) is 5.11 Å². The smallest absolute Gasteiger partial charge is 0.258 e. The van der Waals surface area contributed by atoms with Crippen molar-refractivity contribution < 1.29 is 4.79 Å². The van der Waals surface area contributed by atoms with Crippen molar-refractivity contribution in [3.8, 4) is 11.3 Å². The number of carbonyl (C=O) groups is 1. The van der Waals surface area contributed by atoms with Gasteiger partial charge in [0.05, 0.1) is 11.2 Å². The molecule has 0 spiro atoms. The fourth-order valence-corrected chi connectivity index (χ4v) is 2.35. The second-order valence-electron chi connectivity index (χ2n) is 3.85. The molecule has 0 unspecified atom stereocenters. The van der Waals surface area contributed by atoms with E-state index in [-0.39, 0.29) is 0 Å². The SMILES string of the molecule is Cc1ccc(C)c(-c2ncsc2C(=O)N=[N+]=N)c1. The predicted molar refractivity (Wildman–Crippen MR) is 68.6 cm³/mol. The van der Waals surface area contributed by atoms with Crippen LogP contribution in [0.3, 0.4) is 0 Å². The maximum absolute atomic E-state index is 11.7. The van der Waals surface area contributed by atoms with Crippen LogP contribution in [0.4, 0.5) is 0 Å². The number of aromatic nitrogens is 1. The Kier molecular flexibility index (Phi) is 3.41. The Bertz CT molecular complexity index is 656. The molecular weight excluding hydrogens is 248 g/mol. The molecule has 90 valence electrons. The van der Waals surface area contributed by atoms with E-state index in [0.717, 1.165) is 16.7 Å². The van der Waals surface area contributed by atoms with Crippen LogP contribution in [0.2, 0.25) is 0 Å². The van der Waals surface area contributed by atoms with Gasteiger partial charge >= 0.3 is 5.91 Å². The van der Waals surface area contributed by atoms with Gasteiger partial charge in [-0.1, -0.05) is 17.7 Å². The molecule has 0 fully saturated rings. The highest BCUT2D eigenvalue weighted by Crippen LogP contribution is 2.29. The molecule has 1 N–H and O–H groups in total. The van der Waals surface area contributed by atoms with Gasteiger partial charge in [-0.15, -0.1) is 11.3 Å². The van der Waals surface area contributed by atoms with Crippen LogP contribution < -0.4 is 4.91 Å². The Labute approximate surface area is 108 Å². The van der Waals surface area contributed by atoms with Crippen molar-refractivity contribution in [2.75, 3.05) is 0 Å². The zero-order chi connectivity index (χ0) is 13.1. The lowest BCUT2D eigenvalue weighted by molar-refractivity contribution is 0.0996. The van der Waals surface area contributed by atoms with Crippen molar-refractivity contribution in [2.45, 2.75) is 13.8 Å². The standard InChI is InChI=1S/C12H11N4OS/c1-7-3-4-8(2)9(5-7)10-11(18-6-14-10)12(17)15-16-13/h3-6,13H,1-2H3/q+1. The first-order chi connectivity index (χ1) is 8.63. The Morgan fingerprint density at radius 1 is 1.44 bits per heavy atom. The molecule has 0 aliphatic carbocycles. The lowest BCUT2D eigenvalue weighted by Crippen LogP contribution is -1.96. The molecule has 2 aromatic rings. The van der Waals surface area contributed by atoms with Crippen molar-refractivity contribution >= 4 is 17.2 Å². The van der Waals surface area contributed by atoms with Gasteiger partial charge in [0.15, 0.2) is 0 Å². The van der Waals surface area contributed by atoms with Gasteiger partial charge in [0.1, 0.15) is 10.4 Å². The number of aryl methyl sites for hydroxylation is 2. The summed E-state index contributed by atoms with van der Waals surface area (Å²) in [5.41, 5.74) is 11.9. The quantitative estimate of drug-likeness (QED) is 0.664. The maximum Gasteiger partial charge on any atom is 0.372 e. The van der Waals surface area contributed by atoms with Gasteiger partial charge in [0.2, 0.25) is 10.0 Å². The number of nitrogens with zero attached hydrogens (tertiary/aromatic N) is 3. The predicted octanol–water partition coefficient (Wildman–Crippen LogP) is 3.12. The summed E-state index contributed by atoms with van der Waals surface area (Å²) in [6, 6.07) is 5.99. The van der Waals surface area contributed by atoms with Crippen molar-refractivity contribution in [1.82, 2.24) is 9.90 Å². The molecule has 1 heterocycles. The zero-order valence-corrected chi connectivity index (χ0v) is 10.8. The van der Waals surface area contributed by atoms with Gasteiger partial charge in [-0.25, -0.2) is 4.98 Å². The highest BCUT2D eigenvalue weighted by atomic mass is 32.1. The van der Waals surface area contributed by atoms with Crippen LogP contribution in [0, 0.1) is 19.4 Å². The van der Waals surface area contributed by atoms with Gasteiger partial charge < -0.3 is 0 Å². The summed E-state index contributed by atoms with van der Waals surface area (Å²) in [6.07, 6.45) is 0. The molecule has 0 radical (unpaired) electrons. The highest BCUT2D eigenvalue weighted by Gasteiger charge is 2.20. The van der Waals surface area contributed by atoms with E-state index in [9.17, 15) is 4.79 Å². The molecule has 0 atom stereocenters. The lowest BCUT2D eigenvalue weighted by atomic mass is 10.0. The van der Waals surface area contributed by atoms with Crippen molar-refractivity contribution in [1.29, 1.82) is 5.53 Å². The summed E-state index contributed by atoms with van der Waals surface area (Å²) >= 11 is 1.21. The Balaban J connectivity index is 2.58. The summed E-state index contributed by atoms with van der Waals surface area (Å²) in [5.74, 6) is -0.525. The number of amides is 1. The molecule has 0 bridgehead atoms. The molecule has 2 rings (SSSR count). The van der Waals surface area contributed by atoms with E-state index in [1.165, 1.54) is 11.3 Å². The average Bonchev–Trinajstić information content (AvgIpc) is 2.81. The molecule has 1 amide bonds. The van der Waals surface area contributed by atoms with Gasteiger partial charge in [-0.05, 0) is 25.5 Å². The average molecular weight is 259 g/mol. The summed E-state index contributed by atoms with van der Waals surface area (Å²) in [4.78, 5) is 19.1. The minimum absolute atomic E-state index is 0.416. The van der Waals surface area contributed by atoms with Gasteiger partial charge in [-0.2, -0.15) is 0 Å². The van der Waals surface area contributed by atoms with E-state index in [2.05, 4.69) is 15.0 Å². The first-order valence-electron chi connectivity index (χ1n) is 5.26. The lowest BCUT2D eigenvalue weighted by Gasteiger charge is -2.04. The normalized spacial score (nSPS) is 9.89. The molecule has 18 heavy (non-hydrogen) atoms. The topological polar surface area (TPSA) is 80.3 Å². The van der Waals surface area contributed by atoms with Gasteiger partial charge in [0, 0.05) is 5.56 Å². The monoisotopic (exact) mass is 259 g/mol. The van der Waals surface area contributed by atoms with E-state index in [4.69, 9.17) is 5.53 Å².